The van der Waals surface area contributed by atoms with Crippen molar-refractivity contribution in [2.75, 3.05) is 46.3 Å². The summed E-state index contributed by atoms with van der Waals surface area (Å²) in [5.41, 5.74) is -0.341. The molecule has 168 valence electrons. The van der Waals surface area contributed by atoms with Crippen LogP contribution in [-0.2, 0) is 4.74 Å². The Morgan fingerprint density at radius 2 is 1.72 bits per heavy atom. The molecule has 7 nitrogen and oxygen atoms in total. The van der Waals surface area contributed by atoms with Gasteiger partial charge < -0.3 is 20.3 Å². The van der Waals surface area contributed by atoms with E-state index in [4.69, 9.17) is 4.74 Å². The van der Waals surface area contributed by atoms with Crippen LogP contribution in [0.2, 0.25) is 0 Å². The molecule has 1 atom stereocenters. The van der Waals surface area contributed by atoms with Gasteiger partial charge in [-0.15, -0.1) is 0 Å². The Hall–Kier alpha value is -1.50. The van der Waals surface area contributed by atoms with E-state index in [0.717, 1.165) is 45.0 Å². The van der Waals surface area contributed by atoms with E-state index < -0.39 is 5.60 Å². The Labute approximate surface area is 177 Å². The summed E-state index contributed by atoms with van der Waals surface area (Å²) in [6, 6.07) is 0. The number of carbonyl (C=O) groups is 1. The Bertz CT molecular complexity index is 550. The number of ether oxygens (including phenoxy) is 1. The predicted octanol–water partition coefficient (Wildman–Crippen LogP) is 3.06. The van der Waals surface area contributed by atoms with Gasteiger partial charge in [0.2, 0.25) is 0 Å². The smallest absolute Gasteiger partial charge is 0.410 e. The Balaban J connectivity index is 1.77. The van der Waals surface area contributed by atoms with Crippen molar-refractivity contribution in [3.63, 3.8) is 0 Å². The van der Waals surface area contributed by atoms with Crippen molar-refractivity contribution in [3.05, 3.63) is 0 Å². The zero-order chi connectivity index (χ0) is 21.5. The van der Waals surface area contributed by atoms with E-state index in [-0.39, 0.29) is 11.6 Å². The van der Waals surface area contributed by atoms with Crippen LogP contribution in [0.4, 0.5) is 4.79 Å². The molecule has 2 aliphatic heterocycles. The molecular formula is C22H43N5O2. The van der Waals surface area contributed by atoms with Gasteiger partial charge in [-0.1, -0.05) is 6.42 Å². The van der Waals surface area contributed by atoms with Gasteiger partial charge >= 0.3 is 6.09 Å². The molecule has 1 amide bonds. The first-order valence-electron chi connectivity index (χ1n) is 11.3. The minimum absolute atomic E-state index is 0.108. The fourth-order valence-corrected chi connectivity index (χ4v) is 4.10. The number of nitrogens with zero attached hydrogens (tertiary/aromatic N) is 3. The van der Waals surface area contributed by atoms with E-state index in [1.807, 2.05) is 32.7 Å². The van der Waals surface area contributed by atoms with Crippen molar-refractivity contribution in [1.82, 2.24) is 20.4 Å². The van der Waals surface area contributed by atoms with Crippen molar-refractivity contribution >= 4 is 12.1 Å². The maximum absolute atomic E-state index is 12.4. The summed E-state index contributed by atoms with van der Waals surface area (Å²) >= 11 is 0. The van der Waals surface area contributed by atoms with E-state index >= 15 is 0 Å². The Morgan fingerprint density at radius 1 is 1.03 bits per heavy atom. The molecular weight excluding hydrogens is 366 g/mol. The molecule has 0 spiro atoms. The summed E-state index contributed by atoms with van der Waals surface area (Å²) in [4.78, 5) is 21.2. The summed E-state index contributed by atoms with van der Waals surface area (Å²) in [6.45, 7) is 15.9. The van der Waals surface area contributed by atoms with E-state index in [1.54, 1.807) is 0 Å². The third kappa shape index (κ3) is 8.03. The number of piperidine rings is 2. The van der Waals surface area contributed by atoms with Gasteiger partial charge in [-0.05, 0) is 79.3 Å². The molecule has 0 aliphatic carbocycles. The molecule has 1 unspecified atom stereocenters. The third-order valence-electron chi connectivity index (χ3n) is 5.85. The van der Waals surface area contributed by atoms with Crippen LogP contribution in [0.5, 0.6) is 0 Å². The van der Waals surface area contributed by atoms with Crippen LogP contribution in [0.25, 0.3) is 0 Å². The molecule has 29 heavy (non-hydrogen) atoms. The van der Waals surface area contributed by atoms with Crippen LogP contribution in [0.3, 0.4) is 0 Å². The highest BCUT2D eigenvalue weighted by atomic mass is 16.6. The van der Waals surface area contributed by atoms with Crippen molar-refractivity contribution in [3.8, 4) is 0 Å². The predicted molar refractivity (Wildman–Crippen MR) is 119 cm³/mol. The van der Waals surface area contributed by atoms with Crippen molar-refractivity contribution in [2.24, 2.45) is 10.9 Å². The second kappa shape index (κ2) is 10.5. The number of rotatable bonds is 5. The van der Waals surface area contributed by atoms with E-state index in [9.17, 15) is 4.79 Å². The number of amides is 1. The van der Waals surface area contributed by atoms with Gasteiger partial charge in [-0.3, -0.25) is 9.89 Å². The van der Waals surface area contributed by atoms with E-state index in [1.165, 1.54) is 32.4 Å². The lowest BCUT2D eigenvalue weighted by atomic mass is 9.98. The van der Waals surface area contributed by atoms with Crippen LogP contribution in [0.1, 0.15) is 66.7 Å². The number of hydrogen-bond donors (Lipinski definition) is 2. The maximum atomic E-state index is 12.4. The van der Waals surface area contributed by atoms with Gasteiger partial charge in [0.05, 0.1) is 0 Å². The normalized spacial score (nSPS) is 22.3. The van der Waals surface area contributed by atoms with Crippen LogP contribution >= 0.6 is 0 Å². The molecule has 7 heteroatoms. The number of aliphatic imine (C=N–C) groups is 1. The molecule has 2 fully saturated rings. The summed E-state index contributed by atoms with van der Waals surface area (Å²) in [5, 5.41) is 6.97. The average Bonchev–Trinajstić information content (AvgIpc) is 2.68. The molecule has 0 radical (unpaired) electrons. The molecule has 2 aliphatic rings. The first kappa shape index (κ1) is 23.8. The van der Waals surface area contributed by atoms with Crippen molar-refractivity contribution in [2.45, 2.75) is 77.9 Å². The summed E-state index contributed by atoms with van der Waals surface area (Å²) in [6.07, 6.45) is 5.87. The molecule has 0 aromatic rings. The monoisotopic (exact) mass is 409 g/mol. The number of likely N-dealkylation sites (tertiary alicyclic amines) is 2. The van der Waals surface area contributed by atoms with E-state index in [0.29, 0.717) is 5.92 Å². The van der Waals surface area contributed by atoms with Gasteiger partial charge in [0.1, 0.15) is 5.60 Å². The fourth-order valence-electron chi connectivity index (χ4n) is 4.10. The SMILES string of the molecule is CN=C(NCC1CCCN(C(=O)OC(C)(C)C)C1)NCC(C)(C)N1CCCCC1. The molecule has 0 bridgehead atoms. The van der Waals surface area contributed by atoms with Gasteiger partial charge in [0, 0.05) is 38.8 Å². The summed E-state index contributed by atoms with van der Waals surface area (Å²) in [5.74, 6) is 1.24. The number of hydrogen-bond acceptors (Lipinski definition) is 4. The molecule has 2 N–H and O–H groups in total. The molecule has 2 rings (SSSR count). The third-order valence-corrected chi connectivity index (χ3v) is 5.85. The quantitative estimate of drug-likeness (QED) is 0.539. The Morgan fingerprint density at radius 3 is 2.34 bits per heavy atom. The number of nitrogens with one attached hydrogen (secondary N) is 2. The minimum Gasteiger partial charge on any atom is -0.444 e. The summed E-state index contributed by atoms with van der Waals surface area (Å²) < 4.78 is 5.53. The van der Waals surface area contributed by atoms with E-state index in [2.05, 4.69) is 34.4 Å². The van der Waals surface area contributed by atoms with Crippen LogP contribution < -0.4 is 10.6 Å². The first-order valence-corrected chi connectivity index (χ1v) is 11.3. The largest absolute Gasteiger partial charge is 0.444 e. The molecule has 0 aromatic heterocycles. The van der Waals surface area contributed by atoms with Crippen molar-refractivity contribution < 1.29 is 9.53 Å². The highest BCUT2D eigenvalue weighted by molar-refractivity contribution is 5.79. The van der Waals surface area contributed by atoms with Gasteiger partial charge in [0.15, 0.2) is 5.96 Å². The lowest BCUT2D eigenvalue weighted by Crippen LogP contribution is -2.55. The van der Waals surface area contributed by atoms with Crippen LogP contribution in [0.15, 0.2) is 4.99 Å². The van der Waals surface area contributed by atoms with Crippen LogP contribution in [-0.4, -0.2) is 79.3 Å². The topological polar surface area (TPSA) is 69.2 Å². The molecule has 0 aromatic carbocycles. The van der Waals surface area contributed by atoms with Crippen LogP contribution in [0, 0.1) is 5.92 Å². The number of carbonyl (C=O) groups excluding carboxylic acids is 1. The lowest BCUT2D eigenvalue weighted by molar-refractivity contribution is 0.0168. The zero-order valence-corrected chi connectivity index (χ0v) is 19.5. The first-order chi connectivity index (χ1) is 13.6. The zero-order valence-electron chi connectivity index (χ0n) is 19.5. The Kier molecular flexibility index (Phi) is 8.61. The van der Waals surface area contributed by atoms with Gasteiger partial charge in [-0.2, -0.15) is 0 Å². The average molecular weight is 410 g/mol. The standard InChI is InChI=1S/C22H43N5O2/c1-21(2,3)29-20(28)26-12-10-11-18(16-26)15-24-19(23-6)25-17-22(4,5)27-13-8-7-9-14-27/h18H,7-17H2,1-6H3,(H2,23,24,25). The molecule has 2 heterocycles. The second-order valence-electron chi connectivity index (χ2n) is 10.1. The highest BCUT2D eigenvalue weighted by Gasteiger charge is 2.29. The molecule has 2 saturated heterocycles. The van der Waals surface area contributed by atoms with Gasteiger partial charge in [0.25, 0.3) is 0 Å². The summed E-state index contributed by atoms with van der Waals surface area (Å²) in [7, 11) is 1.82. The second-order valence-corrected chi connectivity index (χ2v) is 10.1. The maximum Gasteiger partial charge on any atom is 0.410 e. The fraction of sp³-hybridized carbons (Fsp3) is 0.909. The molecule has 0 saturated carbocycles. The highest BCUT2D eigenvalue weighted by Crippen LogP contribution is 2.20. The lowest BCUT2D eigenvalue weighted by Gasteiger charge is -2.41. The van der Waals surface area contributed by atoms with Crippen molar-refractivity contribution in [1.29, 1.82) is 0 Å². The van der Waals surface area contributed by atoms with Gasteiger partial charge in [-0.25, -0.2) is 4.79 Å². The minimum atomic E-state index is -0.449. The number of guanidine groups is 1.